The average Bonchev–Trinajstić information content (AvgIpc) is 2.96. The second kappa shape index (κ2) is 5.70. The van der Waals surface area contributed by atoms with Crippen molar-refractivity contribution < 1.29 is 14.3 Å². The van der Waals surface area contributed by atoms with Gasteiger partial charge in [0.05, 0.1) is 30.7 Å². The van der Waals surface area contributed by atoms with Crippen LogP contribution in [0.15, 0.2) is 36.5 Å². The maximum absolute atomic E-state index is 12.0. The van der Waals surface area contributed by atoms with Gasteiger partial charge in [-0.05, 0) is 5.56 Å². The lowest BCUT2D eigenvalue weighted by molar-refractivity contribution is 0.0951. The van der Waals surface area contributed by atoms with Crippen LogP contribution in [0.2, 0.25) is 0 Å². The van der Waals surface area contributed by atoms with Crippen LogP contribution in [0.25, 0.3) is 0 Å². The molecule has 1 aliphatic rings. The Kier molecular flexibility index (Phi) is 3.59. The number of amides is 1. The van der Waals surface area contributed by atoms with Gasteiger partial charge in [0.1, 0.15) is 12.3 Å². The van der Waals surface area contributed by atoms with Gasteiger partial charge in [-0.15, -0.1) is 0 Å². The van der Waals surface area contributed by atoms with Crippen molar-refractivity contribution in [2.75, 3.05) is 0 Å². The van der Waals surface area contributed by atoms with E-state index in [2.05, 4.69) is 9.97 Å². The van der Waals surface area contributed by atoms with Gasteiger partial charge in [-0.25, -0.2) is 9.78 Å². The molecule has 2 aromatic rings. The molecule has 3 rings (SSSR count). The van der Waals surface area contributed by atoms with Crippen molar-refractivity contribution >= 4 is 12.4 Å². The first-order chi connectivity index (χ1) is 10.3. The van der Waals surface area contributed by atoms with E-state index in [0.717, 1.165) is 5.56 Å². The van der Waals surface area contributed by atoms with Crippen molar-refractivity contribution in [3.63, 3.8) is 0 Å². The third-order valence-electron chi connectivity index (χ3n) is 3.22. The van der Waals surface area contributed by atoms with E-state index in [1.807, 2.05) is 30.3 Å². The number of benzene rings is 1. The highest BCUT2D eigenvalue weighted by Crippen LogP contribution is 2.20. The number of ether oxygens (including phenoxy) is 1. The lowest BCUT2D eigenvalue weighted by atomic mass is 10.2. The SMILES string of the molecule is O=Cc1cnc2c(n1)CN(C(=O)OCc1ccccc1)C2. The highest BCUT2D eigenvalue weighted by Gasteiger charge is 2.27. The van der Waals surface area contributed by atoms with E-state index in [4.69, 9.17) is 4.74 Å². The summed E-state index contributed by atoms with van der Waals surface area (Å²) in [5, 5.41) is 0. The van der Waals surface area contributed by atoms with Gasteiger partial charge in [-0.1, -0.05) is 30.3 Å². The first-order valence-electron chi connectivity index (χ1n) is 6.52. The Balaban J connectivity index is 1.61. The summed E-state index contributed by atoms with van der Waals surface area (Å²) in [6.45, 7) is 0.902. The Morgan fingerprint density at radius 2 is 2.00 bits per heavy atom. The molecular formula is C15H13N3O3. The van der Waals surface area contributed by atoms with Gasteiger partial charge in [0.25, 0.3) is 0 Å². The molecule has 106 valence electrons. The molecule has 1 amide bonds. The third-order valence-corrected chi connectivity index (χ3v) is 3.22. The van der Waals surface area contributed by atoms with Gasteiger partial charge in [-0.2, -0.15) is 0 Å². The van der Waals surface area contributed by atoms with Crippen molar-refractivity contribution in [3.8, 4) is 0 Å². The first-order valence-corrected chi connectivity index (χ1v) is 6.52. The van der Waals surface area contributed by atoms with Gasteiger partial charge in [0.2, 0.25) is 0 Å². The van der Waals surface area contributed by atoms with Crippen LogP contribution in [0.4, 0.5) is 4.79 Å². The number of hydrogen-bond acceptors (Lipinski definition) is 5. The smallest absolute Gasteiger partial charge is 0.410 e. The summed E-state index contributed by atoms with van der Waals surface area (Å²) in [6.07, 6.45) is 1.64. The zero-order valence-corrected chi connectivity index (χ0v) is 11.2. The predicted octanol–water partition coefficient (Wildman–Crippen LogP) is 1.94. The van der Waals surface area contributed by atoms with E-state index >= 15 is 0 Å². The highest BCUT2D eigenvalue weighted by molar-refractivity contribution is 5.71. The van der Waals surface area contributed by atoms with Crippen LogP contribution in [0.3, 0.4) is 0 Å². The van der Waals surface area contributed by atoms with E-state index < -0.39 is 6.09 Å². The number of aldehydes is 1. The van der Waals surface area contributed by atoms with Crippen LogP contribution in [0.5, 0.6) is 0 Å². The average molecular weight is 283 g/mol. The summed E-state index contributed by atoms with van der Waals surface area (Å²) >= 11 is 0. The van der Waals surface area contributed by atoms with E-state index in [1.165, 1.54) is 11.1 Å². The van der Waals surface area contributed by atoms with E-state index in [1.54, 1.807) is 0 Å². The fourth-order valence-electron chi connectivity index (χ4n) is 2.14. The molecule has 1 aromatic carbocycles. The lowest BCUT2D eigenvalue weighted by Crippen LogP contribution is -2.26. The van der Waals surface area contributed by atoms with Crippen LogP contribution in [-0.4, -0.2) is 27.2 Å². The maximum atomic E-state index is 12.0. The van der Waals surface area contributed by atoms with Crippen LogP contribution < -0.4 is 0 Å². The van der Waals surface area contributed by atoms with E-state index in [0.29, 0.717) is 30.8 Å². The molecule has 0 N–H and O–H groups in total. The molecule has 0 aliphatic carbocycles. The lowest BCUT2D eigenvalue weighted by Gasteiger charge is -2.14. The summed E-state index contributed by atoms with van der Waals surface area (Å²) in [6, 6.07) is 9.48. The van der Waals surface area contributed by atoms with Gasteiger partial charge in [0.15, 0.2) is 6.29 Å². The molecule has 21 heavy (non-hydrogen) atoms. The third kappa shape index (κ3) is 2.89. The van der Waals surface area contributed by atoms with E-state index in [9.17, 15) is 9.59 Å². The topological polar surface area (TPSA) is 72.4 Å². The van der Waals surface area contributed by atoms with Gasteiger partial charge < -0.3 is 4.74 Å². The minimum Gasteiger partial charge on any atom is -0.445 e. The molecule has 0 fully saturated rings. The quantitative estimate of drug-likeness (QED) is 0.805. The molecule has 0 saturated heterocycles. The summed E-state index contributed by atoms with van der Waals surface area (Å²) in [5.74, 6) is 0. The molecule has 6 heteroatoms. The fraction of sp³-hybridized carbons (Fsp3) is 0.200. The monoisotopic (exact) mass is 283 g/mol. The molecule has 0 radical (unpaired) electrons. The number of carbonyl (C=O) groups excluding carboxylic acids is 2. The normalized spacial score (nSPS) is 12.9. The van der Waals surface area contributed by atoms with Crippen molar-refractivity contribution in [2.45, 2.75) is 19.7 Å². The molecule has 0 atom stereocenters. The van der Waals surface area contributed by atoms with Crippen molar-refractivity contribution in [1.29, 1.82) is 0 Å². The minimum atomic E-state index is -0.411. The van der Waals surface area contributed by atoms with Crippen LogP contribution in [0, 0.1) is 0 Å². The van der Waals surface area contributed by atoms with Crippen LogP contribution in [-0.2, 0) is 24.4 Å². The molecule has 1 aliphatic heterocycles. The largest absolute Gasteiger partial charge is 0.445 e. The predicted molar refractivity (Wildman–Crippen MR) is 73.3 cm³/mol. The molecular weight excluding hydrogens is 270 g/mol. The zero-order valence-electron chi connectivity index (χ0n) is 11.2. The number of rotatable bonds is 3. The number of nitrogens with zero attached hydrogens (tertiary/aromatic N) is 3. The second-order valence-corrected chi connectivity index (χ2v) is 4.70. The Morgan fingerprint density at radius 3 is 2.76 bits per heavy atom. The summed E-state index contributed by atoms with van der Waals surface area (Å²) in [5.41, 5.74) is 2.56. The van der Waals surface area contributed by atoms with Crippen molar-refractivity contribution in [3.05, 3.63) is 59.2 Å². The molecule has 0 bridgehead atoms. The number of aromatic nitrogens is 2. The molecule has 1 aromatic heterocycles. The van der Waals surface area contributed by atoms with E-state index in [-0.39, 0.29) is 12.3 Å². The summed E-state index contributed by atoms with van der Waals surface area (Å²) < 4.78 is 5.26. The zero-order chi connectivity index (χ0) is 14.7. The maximum Gasteiger partial charge on any atom is 0.410 e. The van der Waals surface area contributed by atoms with Crippen LogP contribution >= 0.6 is 0 Å². The molecule has 2 heterocycles. The van der Waals surface area contributed by atoms with Crippen molar-refractivity contribution in [1.82, 2.24) is 14.9 Å². The number of hydrogen-bond donors (Lipinski definition) is 0. The number of carbonyl (C=O) groups is 2. The van der Waals surface area contributed by atoms with Gasteiger partial charge >= 0.3 is 6.09 Å². The number of fused-ring (bicyclic) bond motifs is 1. The second-order valence-electron chi connectivity index (χ2n) is 4.70. The van der Waals surface area contributed by atoms with Crippen LogP contribution in [0.1, 0.15) is 27.4 Å². The van der Waals surface area contributed by atoms with Gasteiger partial charge in [-0.3, -0.25) is 14.7 Å². The summed E-state index contributed by atoms with van der Waals surface area (Å²) in [7, 11) is 0. The highest BCUT2D eigenvalue weighted by atomic mass is 16.6. The Labute approximate surface area is 121 Å². The molecule has 0 saturated carbocycles. The molecule has 0 unspecified atom stereocenters. The fourth-order valence-corrected chi connectivity index (χ4v) is 2.14. The van der Waals surface area contributed by atoms with Crippen molar-refractivity contribution in [2.24, 2.45) is 0 Å². The van der Waals surface area contributed by atoms with Gasteiger partial charge in [0, 0.05) is 0 Å². The minimum absolute atomic E-state index is 0.229. The molecule has 0 spiro atoms. The standard InChI is InChI=1S/C15H13N3O3/c19-9-12-6-16-13-7-18(8-14(13)17-12)15(20)21-10-11-4-2-1-3-5-11/h1-6,9H,7-8,10H2. The Bertz CT molecular complexity index is 673. The Hall–Kier alpha value is -2.76. The first kappa shape index (κ1) is 13.2. The Morgan fingerprint density at radius 1 is 1.24 bits per heavy atom. The molecule has 6 nitrogen and oxygen atoms in total. The summed E-state index contributed by atoms with van der Waals surface area (Å²) in [4.78, 5) is 32.5.